The highest BCUT2D eigenvalue weighted by Gasteiger charge is 2.22. The number of hydrogen-bond acceptors (Lipinski definition) is 4. The van der Waals surface area contributed by atoms with Crippen LogP contribution in [0.5, 0.6) is 0 Å². The third-order valence-electron chi connectivity index (χ3n) is 3.54. The van der Waals surface area contributed by atoms with E-state index in [0.29, 0.717) is 18.8 Å². The Hall–Kier alpha value is -1.40. The SMILES string of the molecule is O=C(NCC1CCCO1)c1n[nH]c2c1CNCC2. The highest BCUT2D eigenvalue weighted by Crippen LogP contribution is 2.15. The molecule has 1 saturated heterocycles. The van der Waals surface area contributed by atoms with Gasteiger partial charge in [-0.15, -0.1) is 0 Å². The first-order chi connectivity index (χ1) is 8.84. The van der Waals surface area contributed by atoms with Crippen molar-refractivity contribution in [3.63, 3.8) is 0 Å². The Kier molecular flexibility index (Phi) is 3.29. The predicted molar refractivity (Wildman–Crippen MR) is 65.3 cm³/mol. The molecule has 2 aliphatic heterocycles. The van der Waals surface area contributed by atoms with Crippen LogP contribution in [-0.4, -0.2) is 41.9 Å². The molecule has 3 N–H and O–H groups in total. The molecule has 0 saturated carbocycles. The molecule has 1 aromatic heterocycles. The fraction of sp³-hybridized carbons (Fsp3) is 0.667. The van der Waals surface area contributed by atoms with E-state index in [-0.39, 0.29) is 12.0 Å². The molecule has 1 aromatic rings. The van der Waals surface area contributed by atoms with Gasteiger partial charge < -0.3 is 15.4 Å². The molecule has 0 aromatic carbocycles. The van der Waals surface area contributed by atoms with E-state index in [2.05, 4.69) is 20.8 Å². The fourth-order valence-corrected chi connectivity index (χ4v) is 2.51. The van der Waals surface area contributed by atoms with Gasteiger partial charge in [0.2, 0.25) is 0 Å². The van der Waals surface area contributed by atoms with E-state index in [0.717, 1.165) is 43.7 Å². The molecule has 1 atom stereocenters. The molecule has 0 aliphatic carbocycles. The Balaban J connectivity index is 1.63. The minimum absolute atomic E-state index is 0.105. The molecule has 0 spiro atoms. The number of H-pyrrole nitrogens is 1. The van der Waals surface area contributed by atoms with Gasteiger partial charge in [0.05, 0.1) is 6.10 Å². The van der Waals surface area contributed by atoms with E-state index >= 15 is 0 Å². The van der Waals surface area contributed by atoms with Crippen molar-refractivity contribution >= 4 is 5.91 Å². The van der Waals surface area contributed by atoms with Crippen molar-refractivity contribution in [3.8, 4) is 0 Å². The molecule has 1 unspecified atom stereocenters. The number of nitrogens with one attached hydrogen (secondary N) is 3. The lowest BCUT2D eigenvalue weighted by atomic mass is 10.1. The average molecular weight is 250 g/mol. The van der Waals surface area contributed by atoms with E-state index in [1.807, 2.05) is 0 Å². The molecule has 6 nitrogen and oxygen atoms in total. The fourth-order valence-electron chi connectivity index (χ4n) is 2.51. The Morgan fingerprint density at radius 3 is 3.33 bits per heavy atom. The van der Waals surface area contributed by atoms with Crippen LogP contribution in [0.4, 0.5) is 0 Å². The van der Waals surface area contributed by atoms with E-state index in [1.165, 1.54) is 0 Å². The third-order valence-corrected chi connectivity index (χ3v) is 3.54. The molecule has 3 rings (SSSR count). The number of ether oxygens (including phenoxy) is 1. The summed E-state index contributed by atoms with van der Waals surface area (Å²) in [5.41, 5.74) is 2.61. The van der Waals surface area contributed by atoms with E-state index in [4.69, 9.17) is 4.74 Å². The van der Waals surface area contributed by atoms with Gasteiger partial charge in [0.25, 0.3) is 5.91 Å². The van der Waals surface area contributed by atoms with Crippen molar-refractivity contribution in [2.45, 2.75) is 31.9 Å². The van der Waals surface area contributed by atoms with Crippen LogP contribution in [0.25, 0.3) is 0 Å². The summed E-state index contributed by atoms with van der Waals surface area (Å²) in [7, 11) is 0. The van der Waals surface area contributed by atoms with Gasteiger partial charge in [-0.3, -0.25) is 9.89 Å². The first kappa shape index (κ1) is 11.7. The van der Waals surface area contributed by atoms with Gasteiger partial charge in [0.1, 0.15) is 0 Å². The van der Waals surface area contributed by atoms with Crippen LogP contribution in [0, 0.1) is 0 Å². The number of carbonyl (C=O) groups excluding carboxylic acids is 1. The number of carbonyl (C=O) groups is 1. The highest BCUT2D eigenvalue weighted by atomic mass is 16.5. The molecule has 0 radical (unpaired) electrons. The van der Waals surface area contributed by atoms with Gasteiger partial charge in [-0.25, -0.2) is 0 Å². The summed E-state index contributed by atoms with van der Waals surface area (Å²) in [5, 5.41) is 13.2. The summed E-state index contributed by atoms with van der Waals surface area (Å²) in [6, 6.07) is 0. The number of aromatic amines is 1. The number of aromatic nitrogens is 2. The van der Waals surface area contributed by atoms with Gasteiger partial charge in [-0.2, -0.15) is 5.10 Å². The van der Waals surface area contributed by atoms with Gasteiger partial charge in [0.15, 0.2) is 5.69 Å². The zero-order valence-electron chi connectivity index (χ0n) is 10.3. The Bertz CT molecular complexity index is 437. The van der Waals surface area contributed by atoms with Crippen LogP contribution < -0.4 is 10.6 Å². The minimum Gasteiger partial charge on any atom is -0.376 e. The second-order valence-corrected chi connectivity index (χ2v) is 4.80. The summed E-state index contributed by atoms with van der Waals surface area (Å²) in [4.78, 5) is 12.1. The summed E-state index contributed by atoms with van der Waals surface area (Å²) in [6.45, 7) is 3.04. The molecule has 2 aliphatic rings. The maximum atomic E-state index is 12.1. The smallest absolute Gasteiger partial charge is 0.272 e. The molecule has 98 valence electrons. The lowest BCUT2D eigenvalue weighted by molar-refractivity contribution is 0.0852. The second-order valence-electron chi connectivity index (χ2n) is 4.80. The van der Waals surface area contributed by atoms with Crippen molar-refractivity contribution in [2.24, 2.45) is 0 Å². The van der Waals surface area contributed by atoms with Crippen LogP contribution in [0.15, 0.2) is 0 Å². The Labute approximate surface area is 105 Å². The normalized spacial score (nSPS) is 22.8. The molecule has 3 heterocycles. The summed E-state index contributed by atoms with van der Waals surface area (Å²) in [6.07, 6.45) is 3.19. The van der Waals surface area contributed by atoms with Gasteiger partial charge in [-0.1, -0.05) is 0 Å². The zero-order valence-corrected chi connectivity index (χ0v) is 10.3. The molecular formula is C12H18N4O2. The number of rotatable bonds is 3. The average Bonchev–Trinajstić information content (AvgIpc) is 3.05. The van der Waals surface area contributed by atoms with Gasteiger partial charge in [-0.05, 0) is 12.8 Å². The quantitative estimate of drug-likeness (QED) is 0.703. The predicted octanol–water partition coefficient (Wildman–Crippen LogP) is -0.0358. The Morgan fingerprint density at radius 2 is 2.50 bits per heavy atom. The Morgan fingerprint density at radius 1 is 1.56 bits per heavy atom. The monoisotopic (exact) mass is 250 g/mol. The number of amides is 1. The zero-order chi connectivity index (χ0) is 12.4. The van der Waals surface area contributed by atoms with E-state index in [1.54, 1.807) is 0 Å². The van der Waals surface area contributed by atoms with Crippen LogP contribution in [0.2, 0.25) is 0 Å². The molecule has 18 heavy (non-hydrogen) atoms. The van der Waals surface area contributed by atoms with Crippen molar-refractivity contribution in [3.05, 3.63) is 17.0 Å². The summed E-state index contributed by atoms with van der Waals surface area (Å²) in [5.74, 6) is -0.105. The summed E-state index contributed by atoms with van der Waals surface area (Å²) >= 11 is 0. The lowest BCUT2D eigenvalue weighted by Crippen LogP contribution is -2.33. The van der Waals surface area contributed by atoms with Crippen molar-refractivity contribution < 1.29 is 9.53 Å². The van der Waals surface area contributed by atoms with Crippen molar-refractivity contribution in [1.29, 1.82) is 0 Å². The van der Waals surface area contributed by atoms with Crippen LogP contribution in [0.1, 0.15) is 34.6 Å². The molecule has 1 amide bonds. The third kappa shape index (κ3) is 2.26. The molecule has 1 fully saturated rings. The summed E-state index contributed by atoms with van der Waals surface area (Å²) < 4.78 is 5.48. The first-order valence-electron chi connectivity index (χ1n) is 6.51. The van der Waals surface area contributed by atoms with Gasteiger partial charge >= 0.3 is 0 Å². The number of hydrogen-bond donors (Lipinski definition) is 3. The lowest BCUT2D eigenvalue weighted by Gasteiger charge is -2.13. The number of fused-ring (bicyclic) bond motifs is 1. The molecule has 6 heteroatoms. The minimum atomic E-state index is -0.105. The highest BCUT2D eigenvalue weighted by molar-refractivity contribution is 5.94. The molecule has 0 bridgehead atoms. The standard InChI is InChI=1S/C12H18N4O2/c17-12(14-6-8-2-1-5-18-8)11-9-7-13-4-3-10(9)15-16-11/h8,13H,1-7H2,(H,14,17)(H,15,16). The van der Waals surface area contributed by atoms with E-state index < -0.39 is 0 Å². The van der Waals surface area contributed by atoms with Gasteiger partial charge in [0, 0.05) is 43.9 Å². The molecular weight excluding hydrogens is 232 g/mol. The first-order valence-corrected chi connectivity index (χ1v) is 6.51. The van der Waals surface area contributed by atoms with Crippen LogP contribution in [0.3, 0.4) is 0 Å². The number of nitrogens with zero attached hydrogens (tertiary/aromatic N) is 1. The largest absolute Gasteiger partial charge is 0.376 e. The maximum absolute atomic E-state index is 12.1. The van der Waals surface area contributed by atoms with Crippen molar-refractivity contribution in [2.75, 3.05) is 19.7 Å². The maximum Gasteiger partial charge on any atom is 0.272 e. The van der Waals surface area contributed by atoms with Crippen LogP contribution >= 0.6 is 0 Å². The van der Waals surface area contributed by atoms with Crippen molar-refractivity contribution in [1.82, 2.24) is 20.8 Å². The second kappa shape index (κ2) is 5.07. The van der Waals surface area contributed by atoms with Crippen LogP contribution in [-0.2, 0) is 17.7 Å². The van der Waals surface area contributed by atoms with E-state index in [9.17, 15) is 4.79 Å². The topological polar surface area (TPSA) is 79.0 Å².